The van der Waals surface area contributed by atoms with Crippen LogP contribution in [-0.4, -0.2) is 36.1 Å². The predicted molar refractivity (Wildman–Crippen MR) is 101 cm³/mol. The lowest BCUT2D eigenvalue weighted by atomic mass is 10.1. The molecule has 6 heteroatoms. The van der Waals surface area contributed by atoms with Crippen molar-refractivity contribution >= 4 is 11.8 Å². The van der Waals surface area contributed by atoms with Crippen LogP contribution in [0.1, 0.15) is 47.6 Å². The maximum Gasteiger partial charge on any atom is 0.344 e. The number of ketones is 1. The smallest absolute Gasteiger partial charge is 0.344 e. The SMILES string of the molecule is CCOc1ccc(OCC(=O)OCC(=O)c2cc(C)n(C3CC3)c2C)cc1. The van der Waals surface area contributed by atoms with E-state index in [-0.39, 0.29) is 19.0 Å². The normalized spacial score (nSPS) is 13.3. The topological polar surface area (TPSA) is 66.8 Å². The third-order valence-corrected chi connectivity index (χ3v) is 4.55. The van der Waals surface area contributed by atoms with Crippen LogP contribution in [0.25, 0.3) is 0 Å². The number of carbonyl (C=O) groups is 2. The number of benzene rings is 1. The zero-order valence-corrected chi connectivity index (χ0v) is 16.0. The second kappa shape index (κ2) is 8.29. The van der Waals surface area contributed by atoms with Crippen molar-refractivity contribution in [2.24, 2.45) is 0 Å². The minimum Gasteiger partial charge on any atom is -0.494 e. The molecule has 6 nitrogen and oxygen atoms in total. The number of aryl methyl sites for hydroxylation is 1. The van der Waals surface area contributed by atoms with Crippen molar-refractivity contribution in [2.75, 3.05) is 19.8 Å². The summed E-state index contributed by atoms with van der Waals surface area (Å²) in [6.45, 7) is 5.91. The molecule has 0 saturated heterocycles. The van der Waals surface area contributed by atoms with Crippen LogP contribution < -0.4 is 9.47 Å². The monoisotopic (exact) mass is 371 g/mol. The molecule has 27 heavy (non-hydrogen) atoms. The molecular weight excluding hydrogens is 346 g/mol. The zero-order valence-electron chi connectivity index (χ0n) is 16.0. The summed E-state index contributed by atoms with van der Waals surface area (Å²) in [5, 5.41) is 0. The van der Waals surface area contributed by atoms with E-state index >= 15 is 0 Å². The molecule has 0 unspecified atom stereocenters. The highest BCUT2D eigenvalue weighted by atomic mass is 16.6. The number of esters is 1. The quantitative estimate of drug-likeness (QED) is 0.497. The van der Waals surface area contributed by atoms with Gasteiger partial charge in [-0.2, -0.15) is 0 Å². The Morgan fingerprint density at radius 3 is 2.26 bits per heavy atom. The molecule has 1 saturated carbocycles. The van der Waals surface area contributed by atoms with Crippen LogP contribution in [0, 0.1) is 13.8 Å². The highest BCUT2D eigenvalue weighted by molar-refractivity contribution is 5.99. The molecule has 0 N–H and O–H groups in total. The average molecular weight is 371 g/mol. The van der Waals surface area contributed by atoms with E-state index in [1.165, 1.54) is 0 Å². The van der Waals surface area contributed by atoms with Crippen molar-refractivity contribution in [3.63, 3.8) is 0 Å². The molecule has 1 aromatic carbocycles. The Bertz CT molecular complexity index is 818. The molecule has 0 bridgehead atoms. The van der Waals surface area contributed by atoms with Crippen molar-refractivity contribution in [2.45, 2.75) is 39.7 Å². The minimum atomic E-state index is -0.576. The van der Waals surface area contributed by atoms with Gasteiger partial charge in [0.05, 0.1) is 6.61 Å². The van der Waals surface area contributed by atoms with Gasteiger partial charge in [0.25, 0.3) is 0 Å². The van der Waals surface area contributed by atoms with Crippen LogP contribution >= 0.6 is 0 Å². The van der Waals surface area contributed by atoms with Crippen LogP contribution in [0.5, 0.6) is 11.5 Å². The second-order valence-electron chi connectivity index (χ2n) is 6.66. The minimum absolute atomic E-state index is 0.190. The highest BCUT2D eigenvalue weighted by Gasteiger charge is 2.28. The summed E-state index contributed by atoms with van der Waals surface area (Å²) in [7, 11) is 0. The van der Waals surface area contributed by atoms with Crippen LogP contribution in [0.2, 0.25) is 0 Å². The number of rotatable bonds is 9. The lowest BCUT2D eigenvalue weighted by Gasteiger charge is -2.09. The van der Waals surface area contributed by atoms with Crippen molar-refractivity contribution < 1.29 is 23.8 Å². The molecule has 2 aromatic rings. The summed E-state index contributed by atoms with van der Waals surface area (Å²) in [6.07, 6.45) is 2.31. The fourth-order valence-corrected chi connectivity index (χ4v) is 3.16. The van der Waals surface area contributed by atoms with Gasteiger partial charge in [0.1, 0.15) is 11.5 Å². The number of hydrogen-bond acceptors (Lipinski definition) is 5. The summed E-state index contributed by atoms with van der Waals surface area (Å²) < 4.78 is 18.0. The standard InChI is InChI=1S/C21H25NO5/c1-4-25-17-7-9-18(10-8-17)26-13-21(24)27-12-20(23)19-11-14(2)22(15(19)3)16-5-6-16/h7-11,16H,4-6,12-13H2,1-3H3. The second-order valence-corrected chi connectivity index (χ2v) is 6.66. The van der Waals surface area contributed by atoms with E-state index in [4.69, 9.17) is 14.2 Å². The lowest BCUT2D eigenvalue weighted by Crippen LogP contribution is -2.19. The van der Waals surface area contributed by atoms with E-state index in [1.54, 1.807) is 24.3 Å². The van der Waals surface area contributed by atoms with Gasteiger partial charge in [0.15, 0.2) is 13.2 Å². The van der Waals surface area contributed by atoms with Gasteiger partial charge in [-0.3, -0.25) is 4.79 Å². The third kappa shape index (κ3) is 4.70. The lowest BCUT2D eigenvalue weighted by molar-refractivity contribution is -0.144. The molecular formula is C21H25NO5. The molecule has 0 aliphatic heterocycles. The van der Waals surface area contributed by atoms with Crippen LogP contribution in [0.3, 0.4) is 0 Å². The Hall–Kier alpha value is -2.76. The van der Waals surface area contributed by atoms with Gasteiger partial charge >= 0.3 is 5.97 Å². The first-order chi connectivity index (χ1) is 13.0. The summed E-state index contributed by atoms with van der Waals surface area (Å²) in [6, 6.07) is 9.36. The van der Waals surface area contributed by atoms with E-state index < -0.39 is 5.97 Å². The number of ether oxygens (including phenoxy) is 3. The van der Waals surface area contributed by atoms with E-state index in [9.17, 15) is 9.59 Å². The third-order valence-electron chi connectivity index (χ3n) is 4.55. The Morgan fingerprint density at radius 1 is 1.04 bits per heavy atom. The molecule has 0 atom stereocenters. The molecule has 1 fully saturated rings. The van der Waals surface area contributed by atoms with Crippen molar-refractivity contribution in [3.05, 3.63) is 47.3 Å². The number of carbonyl (C=O) groups excluding carboxylic acids is 2. The fraction of sp³-hybridized carbons (Fsp3) is 0.429. The summed E-state index contributed by atoms with van der Waals surface area (Å²) in [4.78, 5) is 24.3. The molecule has 1 heterocycles. The predicted octanol–water partition coefficient (Wildman–Crippen LogP) is 3.64. The molecule has 1 aliphatic carbocycles. The molecule has 0 radical (unpaired) electrons. The summed E-state index contributed by atoms with van der Waals surface area (Å²) in [5.41, 5.74) is 2.64. The van der Waals surface area contributed by atoms with Crippen molar-refractivity contribution in [1.82, 2.24) is 4.57 Å². The number of Topliss-reactive ketones (excluding diaryl/α,β-unsaturated/α-hetero) is 1. The molecule has 0 amide bonds. The highest BCUT2D eigenvalue weighted by Crippen LogP contribution is 2.38. The Labute approximate surface area is 159 Å². The van der Waals surface area contributed by atoms with Crippen LogP contribution in [0.4, 0.5) is 0 Å². The first-order valence-electron chi connectivity index (χ1n) is 9.22. The van der Waals surface area contributed by atoms with E-state index in [0.717, 1.165) is 30.0 Å². The largest absolute Gasteiger partial charge is 0.494 e. The maximum atomic E-state index is 12.4. The Kier molecular flexibility index (Phi) is 5.84. The van der Waals surface area contributed by atoms with E-state index in [2.05, 4.69) is 4.57 Å². The zero-order chi connectivity index (χ0) is 19.4. The number of nitrogens with zero attached hydrogens (tertiary/aromatic N) is 1. The first kappa shape index (κ1) is 19.0. The van der Waals surface area contributed by atoms with Gasteiger partial charge in [-0.05, 0) is 63.9 Å². The average Bonchev–Trinajstić information content (AvgIpc) is 3.44. The molecule has 1 aromatic heterocycles. The van der Waals surface area contributed by atoms with Crippen LogP contribution in [-0.2, 0) is 9.53 Å². The Morgan fingerprint density at radius 2 is 1.67 bits per heavy atom. The molecule has 3 rings (SSSR count). The summed E-state index contributed by atoms with van der Waals surface area (Å²) >= 11 is 0. The Balaban J connectivity index is 1.47. The van der Waals surface area contributed by atoms with E-state index in [0.29, 0.717) is 24.0 Å². The molecule has 1 aliphatic rings. The summed E-state index contributed by atoms with van der Waals surface area (Å²) in [5.74, 6) is 0.509. The number of hydrogen-bond donors (Lipinski definition) is 0. The van der Waals surface area contributed by atoms with Gasteiger partial charge in [-0.15, -0.1) is 0 Å². The number of aromatic nitrogens is 1. The van der Waals surface area contributed by atoms with Crippen molar-refractivity contribution in [3.8, 4) is 11.5 Å². The molecule has 144 valence electrons. The first-order valence-corrected chi connectivity index (χ1v) is 9.22. The fourth-order valence-electron chi connectivity index (χ4n) is 3.16. The maximum absolute atomic E-state index is 12.4. The van der Waals surface area contributed by atoms with Gasteiger partial charge in [0, 0.05) is 23.0 Å². The van der Waals surface area contributed by atoms with Gasteiger partial charge in [-0.25, -0.2) is 4.79 Å². The van der Waals surface area contributed by atoms with Crippen LogP contribution in [0.15, 0.2) is 30.3 Å². The molecule has 0 spiro atoms. The van der Waals surface area contributed by atoms with Gasteiger partial charge < -0.3 is 18.8 Å². The van der Waals surface area contributed by atoms with Gasteiger partial charge in [-0.1, -0.05) is 0 Å². The van der Waals surface area contributed by atoms with E-state index in [1.807, 2.05) is 26.8 Å². The van der Waals surface area contributed by atoms with Gasteiger partial charge in [0.2, 0.25) is 5.78 Å². The van der Waals surface area contributed by atoms with Crippen molar-refractivity contribution in [1.29, 1.82) is 0 Å².